The highest BCUT2D eigenvalue weighted by molar-refractivity contribution is 6.87. The van der Waals surface area contributed by atoms with Crippen LogP contribution in [0.2, 0.25) is 52.4 Å². The Morgan fingerprint density at radius 2 is 0.640 bits per heavy atom. The molecule has 160 valence electrons. The van der Waals surface area contributed by atoms with Crippen LogP contribution in [0.15, 0.2) is 0 Å². The van der Waals surface area contributed by atoms with E-state index in [-0.39, 0.29) is 29.7 Å². The molecule has 0 aliphatic carbocycles. The fourth-order valence-electron chi connectivity index (χ4n) is 2.57. The maximum absolute atomic E-state index is 6.33. The molecule has 0 bridgehead atoms. The first kappa shape index (κ1) is 36.6. The standard InChI is InChI=1S/C12H34O5Si4.4CH4/c1-11-13-18(3,4)15-20(7,8)17-21(9,10)16-19(5,6)14-12-2;;;;/h11-12H2,1-10H3;4*1H4. The minimum atomic E-state index is -2.29. The summed E-state index contributed by atoms with van der Waals surface area (Å²) in [7, 11) is -8.85. The summed E-state index contributed by atoms with van der Waals surface area (Å²) in [6.07, 6.45) is 0. The van der Waals surface area contributed by atoms with Gasteiger partial charge in [0, 0.05) is 13.2 Å². The number of hydrogen-bond donors (Lipinski definition) is 0. The highest BCUT2D eigenvalue weighted by Crippen LogP contribution is 2.24. The minimum Gasteiger partial charge on any atom is -0.416 e. The Morgan fingerprint density at radius 3 is 0.840 bits per heavy atom. The van der Waals surface area contributed by atoms with Crippen LogP contribution in [0.5, 0.6) is 0 Å². The van der Waals surface area contributed by atoms with Gasteiger partial charge in [-0.15, -0.1) is 0 Å². The van der Waals surface area contributed by atoms with Crippen LogP contribution >= 0.6 is 0 Å². The first-order chi connectivity index (χ1) is 9.24. The van der Waals surface area contributed by atoms with Gasteiger partial charge in [-0.25, -0.2) is 0 Å². The van der Waals surface area contributed by atoms with Gasteiger partial charge in [-0.05, 0) is 66.2 Å². The summed E-state index contributed by atoms with van der Waals surface area (Å²) in [4.78, 5) is 0. The highest BCUT2D eigenvalue weighted by Gasteiger charge is 2.44. The fourth-order valence-corrected chi connectivity index (χ4v) is 19.7. The van der Waals surface area contributed by atoms with Crippen LogP contribution in [0.4, 0.5) is 0 Å². The summed E-state index contributed by atoms with van der Waals surface area (Å²) < 4.78 is 30.3. The normalized spacial score (nSPS) is 12.2. The molecule has 0 fully saturated rings. The summed E-state index contributed by atoms with van der Waals surface area (Å²) >= 11 is 0. The van der Waals surface area contributed by atoms with Gasteiger partial charge >= 0.3 is 34.2 Å². The molecule has 5 nitrogen and oxygen atoms in total. The maximum Gasteiger partial charge on any atom is 0.322 e. The van der Waals surface area contributed by atoms with Crippen molar-refractivity contribution in [1.29, 1.82) is 0 Å². The third kappa shape index (κ3) is 17.8. The number of rotatable bonds is 10. The van der Waals surface area contributed by atoms with Crippen molar-refractivity contribution in [1.82, 2.24) is 0 Å². The third-order valence-electron chi connectivity index (χ3n) is 2.46. The lowest BCUT2D eigenvalue weighted by atomic mass is 10.9. The first-order valence-corrected chi connectivity index (χ1v) is 18.9. The molecule has 9 heteroatoms. The second-order valence-electron chi connectivity index (χ2n) is 6.77. The Morgan fingerprint density at radius 1 is 0.440 bits per heavy atom. The summed E-state index contributed by atoms with van der Waals surface area (Å²) in [5.74, 6) is 0. The van der Waals surface area contributed by atoms with Gasteiger partial charge in [0.2, 0.25) is 0 Å². The van der Waals surface area contributed by atoms with E-state index < -0.39 is 34.2 Å². The fraction of sp³-hybridized carbons (Fsp3) is 1.00. The molecular weight excluding hydrogens is 385 g/mol. The Kier molecular flexibility index (Phi) is 20.2. The van der Waals surface area contributed by atoms with E-state index in [1.807, 2.05) is 13.8 Å². The van der Waals surface area contributed by atoms with Gasteiger partial charge in [0.1, 0.15) is 0 Å². The van der Waals surface area contributed by atoms with Crippen LogP contribution in [-0.2, 0) is 21.2 Å². The second-order valence-corrected chi connectivity index (χ2v) is 21.0. The molecule has 0 aromatic heterocycles. The molecule has 0 atom stereocenters. The van der Waals surface area contributed by atoms with Crippen molar-refractivity contribution in [2.24, 2.45) is 0 Å². The van der Waals surface area contributed by atoms with E-state index >= 15 is 0 Å². The smallest absolute Gasteiger partial charge is 0.322 e. The van der Waals surface area contributed by atoms with Gasteiger partial charge in [0.15, 0.2) is 0 Å². The summed E-state index contributed by atoms with van der Waals surface area (Å²) in [5, 5.41) is 0. The number of hydrogen-bond acceptors (Lipinski definition) is 5. The quantitative estimate of drug-likeness (QED) is 0.369. The molecule has 0 aliphatic heterocycles. The topological polar surface area (TPSA) is 46.2 Å². The summed E-state index contributed by atoms with van der Waals surface area (Å²) in [6.45, 7) is 21.8. The lowest BCUT2D eigenvalue weighted by molar-refractivity contribution is 0.219. The lowest BCUT2D eigenvalue weighted by Crippen LogP contribution is -2.57. The highest BCUT2D eigenvalue weighted by atomic mass is 28.5. The second kappa shape index (κ2) is 13.8. The molecular formula is C16H50O5Si4. The molecule has 0 heterocycles. The van der Waals surface area contributed by atoms with E-state index in [1.165, 1.54) is 0 Å². The lowest BCUT2D eigenvalue weighted by Gasteiger charge is -2.40. The third-order valence-corrected chi connectivity index (χ3v) is 16.2. The van der Waals surface area contributed by atoms with Crippen LogP contribution in [0, 0.1) is 0 Å². The van der Waals surface area contributed by atoms with Crippen molar-refractivity contribution >= 4 is 34.2 Å². The van der Waals surface area contributed by atoms with Crippen molar-refractivity contribution in [2.45, 2.75) is 95.9 Å². The molecule has 0 aromatic carbocycles. The van der Waals surface area contributed by atoms with Crippen molar-refractivity contribution in [3.05, 3.63) is 0 Å². The van der Waals surface area contributed by atoms with E-state index in [9.17, 15) is 0 Å². The molecule has 0 rings (SSSR count). The zero-order chi connectivity index (χ0) is 16.9. The maximum atomic E-state index is 6.33. The van der Waals surface area contributed by atoms with Gasteiger partial charge < -0.3 is 21.2 Å². The van der Waals surface area contributed by atoms with Crippen molar-refractivity contribution < 1.29 is 21.2 Å². The Hall–Kier alpha value is 0.668. The van der Waals surface area contributed by atoms with Crippen LogP contribution in [0.25, 0.3) is 0 Å². The van der Waals surface area contributed by atoms with Crippen LogP contribution in [0.1, 0.15) is 43.6 Å². The molecule has 0 aliphatic rings. The zero-order valence-corrected chi connectivity index (χ0v) is 19.5. The molecule has 0 saturated heterocycles. The molecule has 0 N–H and O–H groups in total. The van der Waals surface area contributed by atoms with Crippen molar-refractivity contribution in [2.75, 3.05) is 13.2 Å². The summed E-state index contributed by atoms with van der Waals surface area (Å²) in [6, 6.07) is 0. The average Bonchev–Trinajstić information content (AvgIpc) is 2.09. The van der Waals surface area contributed by atoms with Crippen LogP contribution in [-0.4, -0.2) is 47.5 Å². The van der Waals surface area contributed by atoms with Gasteiger partial charge in [0.05, 0.1) is 0 Å². The molecule has 0 radical (unpaired) electrons. The van der Waals surface area contributed by atoms with E-state index in [0.717, 1.165) is 0 Å². The Labute approximate surface area is 164 Å². The molecule has 0 amide bonds. The summed E-state index contributed by atoms with van der Waals surface area (Å²) in [5.41, 5.74) is 0. The SMILES string of the molecule is C.C.C.C.CCO[Si](C)(C)O[Si](C)(C)O[Si](C)(C)O[Si](C)(C)OCC. The molecule has 0 spiro atoms. The largest absolute Gasteiger partial charge is 0.416 e. The Balaban J connectivity index is -0.000000333. The van der Waals surface area contributed by atoms with E-state index in [0.29, 0.717) is 13.2 Å². The van der Waals surface area contributed by atoms with Crippen LogP contribution < -0.4 is 0 Å². The van der Waals surface area contributed by atoms with Crippen LogP contribution in [0.3, 0.4) is 0 Å². The van der Waals surface area contributed by atoms with E-state index in [2.05, 4.69) is 52.4 Å². The van der Waals surface area contributed by atoms with Gasteiger partial charge in [-0.2, -0.15) is 0 Å². The minimum absolute atomic E-state index is 0. The average molecular weight is 435 g/mol. The van der Waals surface area contributed by atoms with Gasteiger partial charge in [0.25, 0.3) is 0 Å². The predicted octanol–water partition coefficient (Wildman–Crippen LogP) is 6.46. The zero-order valence-electron chi connectivity index (χ0n) is 15.5. The van der Waals surface area contributed by atoms with Crippen molar-refractivity contribution in [3.8, 4) is 0 Å². The molecule has 0 unspecified atom stereocenters. The first-order valence-electron chi connectivity index (χ1n) is 7.62. The molecule has 0 saturated carbocycles. The Bertz CT molecular complexity index is 294. The monoisotopic (exact) mass is 434 g/mol. The van der Waals surface area contributed by atoms with Crippen molar-refractivity contribution in [3.63, 3.8) is 0 Å². The van der Waals surface area contributed by atoms with Gasteiger partial charge in [-0.3, -0.25) is 0 Å². The van der Waals surface area contributed by atoms with Gasteiger partial charge in [-0.1, -0.05) is 29.7 Å². The van der Waals surface area contributed by atoms with E-state index in [1.54, 1.807) is 0 Å². The molecule has 25 heavy (non-hydrogen) atoms. The predicted molar refractivity (Wildman–Crippen MR) is 123 cm³/mol. The molecule has 0 aromatic rings. The van der Waals surface area contributed by atoms with E-state index in [4.69, 9.17) is 21.2 Å².